The second-order valence-corrected chi connectivity index (χ2v) is 3.21. The topological polar surface area (TPSA) is 95.2 Å². The zero-order chi connectivity index (χ0) is 11.9. The van der Waals surface area contributed by atoms with E-state index in [0.29, 0.717) is 6.08 Å². The van der Waals surface area contributed by atoms with Crippen LogP contribution in [0.5, 0.6) is 0 Å². The number of nitrogens with zero attached hydrogens (tertiary/aromatic N) is 1. The van der Waals surface area contributed by atoms with Crippen molar-refractivity contribution in [2.45, 2.75) is 18.1 Å². The van der Waals surface area contributed by atoms with Gasteiger partial charge in [0.25, 0.3) is 5.70 Å². The molecule has 4 N–H and O–H groups in total. The highest BCUT2D eigenvalue weighted by atomic mass is 19.4. The van der Waals surface area contributed by atoms with E-state index in [2.05, 4.69) is 0 Å². The Hall–Kier alpha value is -1.57. The number of allylic oxidation sites excluding steroid dienone is 1. The molecule has 0 aromatic rings. The van der Waals surface area contributed by atoms with E-state index < -0.39 is 28.8 Å². The van der Waals surface area contributed by atoms with Gasteiger partial charge in [0.05, 0.1) is 11.3 Å². The zero-order valence-corrected chi connectivity index (χ0v) is 7.41. The summed E-state index contributed by atoms with van der Waals surface area (Å²) in [6, 6.07) is 0. The van der Waals surface area contributed by atoms with Crippen molar-refractivity contribution in [1.29, 1.82) is 0 Å². The van der Waals surface area contributed by atoms with Crippen molar-refractivity contribution in [2.24, 2.45) is 11.5 Å². The lowest BCUT2D eigenvalue weighted by Gasteiger charge is -2.29. The first-order valence-corrected chi connectivity index (χ1v) is 3.85. The van der Waals surface area contributed by atoms with Crippen molar-refractivity contribution >= 4 is 0 Å². The Bertz CT molecular complexity index is 361. The lowest BCUT2D eigenvalue weighted by Crippen LogP contribution is -2.53. The van der Waals surface area contributed by atoms with Crippen molar-refractivity contribution in [1.82, 2.24) is 0 Å². The Morgan fingerprint density at radius 2 is 2.07 bits per heavy atom. The predicted molar refractivity (Wildman–Crippen MR) is 44.9 cm³/mol. The average molecular weight is 223 g/mol. The summed E-state index contributed by atoms with van der Waals surface area (Å²) in [6.07, 6.45) is -4.25. The molecular weight excluding hydrogens is 215 g/mol. The fourth-order valence-corrected chi connectivity index (χ4v) is 1.14. The van der Waals surface area contributed by atoms with Crippen LogP contribution in [0, 0.1) is 10.1 Å². The van der Waals surface area contributed by atoms with Gasteiger partial charge in [-0.15, -0.1) is 0 Å². The molecule has 0 spiro atoms. The van der Waals surface area contributed by atoms with E-state index in [1.807, 2.05) is 0 Å². The summed E-state index contributed by atoms with van der Waals surface area (Å²) < 4.78 is 37.3. The third-order valence-electron chi connectivity index (χ3n) is 2.10. The summed E-state index contributed by atoms with van der Waals surface area (Å²) in [5.74, 6) is 0. The standard InChI is InChI=1S/C7H8F3N3O2/c8-7(9,10)6(12)2-1-4(11)5(3-6)13(14)15/h1-2H,3,11-12H2. The third-order valence-corrected chi connectivity index (χ3v) is 2.10. The van der Waals surface area contributed by atoms with Crippen LogP contribution in [-0.2, 0) is 0 Å². The van der Waals surface area contributed by atoms with E-state index in [9.17, 15) is 23.3 Å². The van der Waals surface area contributed by atoms with Gasteiger partial charge in [0.2, 0.25) is 0 Å². The van der Waals surface area contributed by atoms with Gasteiger partial charge in [-0.2, -0.15) is 13.2 Å². The molecule has 0 bridgehead atoms. The smallest absolute Gasteiger partial charge is 0.393 e. The van der Waals surface area contributed by atoms with Crippen molar-refractivity contribution in [3.63, 3.8) is 0 Å². The molecule has 0 saturated heterocycles. The summed E-state index contributed by atoms with van der Waals surface area (Å²) in [7, 11) is 0. The fourth-order valence-electron chi connectivity index (χ4n) is 1.14. The van der Waals surface area contributed by atoms with E-state index in [-0.39, 0.29) is 5.70 Å². The van der Waals surface area contributed by atoms with Gasteiger partial charge in [-0.25, -0.2) is 0 Å². The van der Waals surface area contributed by atoms with Gasteiger partial charge in [0, 0.05) is 0 Å². The Kier molecular flexibility index (Phi) is 2.48. The van der Waals surface area contributed by atoms with Crippen molar-refractivity contribution in [3.05, 3.63) is 33.7 Å². The first-order valence-electron chi connectivity index (χ1n) is 3.85. The largest absolute Gasteiger partial charge is 0.410 e. The summed E-state index contributed by atoms with van der Waals surface area (Å²) in [6.45, 7) is 0. The number of nitro groups is 1. The van der Waals surface area contributed by atoms with E-state index in [4.69, 9.17) is 11.5 Å². The Morgan fingerprint density at radius 1 is 1.53 bits per heavy atom. The van der Waals surface area contributed by atoms with Crippen LogP contribution >= 0.6 is 0 Å². The Labute approximate surface area is 82.4 Å². The van der Waals surface area contributed by atoms with Crippen molar-refractivity contribution in [3.8, 4) is 0 Å². The molecular formula is C7H8F3N3O2. The second-order valence-electron chi connectivity index (χ2n) is 3.21. The predicted octanol–water partition coefficient (Wildman–Crippen LogP) is 0.653. The fraction of sp³-hybridized carbons (Fsp3) is 0.429. The third kappa shape index (κ3) is 1.94. The van der Waals surface area contributed by atoms with Gasteiger partial charge in [-0.05, 0) is 6.08 Å². The Balaban J connectivity index is 3.09. The summed E-state index contributed by atoms with van der Waals surface area (Å²) in [5, 5.41) is 10.4. The quantitative estimate of drug-likeness (QED) is 0.504. The molecule has 84 valence electrons. The van der Waals surface area contributed by atoms with Gasteiger partial charge < -0.3 is 11.5 Å². The second kappa shape index (κ2) is 3.23. The lowest BCUT2D eigenvalue weighted by atomic mass is 9.89. The molecule has 0 saturated carbocycles. The molecule has 1 aliphatic rings. The molecule has 1 rings (SSSR count). The average Bonchev–Trinajstić information content (AvgIpc) is 2.07. The molecule has 15 heavy (non-hydrogen) atoms. The van der Waals surface area contributed by atoms with E-state index in [1.165, 1.54) is 0 Å². The van der Waals surface area contributed by atoms with E-state index in [1.54, 1.807) is 0 Å². The minimum absolute atomic E-state index is 0.301. The monoisotopic (exact) mass is 223 g/mol. The van der Waals surface area contributed by atoms with Gasteiger partial charge in [-0.1, -0.05) is 6.08 Å². The van der Waals surface area contributed by atoms with Crippen LogP contribution in [0.4, 0.5) is 13.2 Å². The molecule has 1 atom stereocenters. The number of nitrogens with two attached hydrogens (primary N) is 2. The van der Waals surface area contributed by atoms with E-state index >= 15 is 0 Å². The molecule has 0 fully saturated rings. The minimum Gasteiger partial charge on any atom is -0.393 e. The highest BCUT2D eigenvalue weighted by molar-refractivity contribution is 5.31. The maximum atomic E-state index is 12.4. The summed E-state index contributed by atoms with van der Waals surface area (Å²) in [4.78, 5) is 9.44. The van der Waals surface area contributed by atoms with Crippen LogP contribution in [0.2, 0.25) is 0 Å². The van der Waals surface area contributed by atoms with Gasteiger partial charge in [-0.3, -0.25) is 10.1 Å². The zero-order valence-electron chi connectivity index (χ0n) is 7.41. The highest BCUT2D eigenvalue weighted by Crippen LogP contribution is 2.37. The molecule has 8 heteroatoms. The molecule has 0 radical (unpaired) electrons. The number of halogens is 3. The van der Waals surface area contributed by atoms with Crippen LogP contribution in [0.1, 0.15) is 6.42 Å². The number of hydrogen-bond donors (Lipinski definition) is 2. The molecule has 0 amide bonds. The maximum Gasteiger partial charge on any atom is 0.410 e. The lowest BCUT2D eigenvalue weighted by molar-refractivity contribution is -0.431. The molecule has 0 heterocycles. The summed E-state index contributed by atoms with van der Waals surface area (Å²) >= 11 is 0. The number of rotatable bonds is 1. The van der Waals surface area contributed by atoms with Gasteiger partial charge in [0.15, 0.2) is 0 Å². The normalized spacial score (nSPS) is 26.9. The van der Waals surface area contributed by atoms with E-state index in [0.717, 1.165) is 6.08 Å². The molecule has 0 aromatic carbocycles. The van der Waals surface area contributed by atoms with Crippen LogP contribution in [0.25, 0.3) is 0 Å². The van der Waals surface area contributed by atoms with Gasteiger partial charge >= 0.3 is 6.18 Å². The minimum atomic E-state index is -4.74. The Morgan fingerprint density at radius 3 is 2.47 bits per heavy atom. The van der Waals surface area contributed by atoms with Crippen molar-refractivity contribution in [2.75, 3.05) is 0 Å². The molecule has 1 unspecified atom stereocenters. The molecule has 0 aliphatic heterocycles. The van der Waals surface area contributed by atoms with Crippen LogP contribution < -0.4 is 11.5 Å². The highest BCUT2D eigenvalue weighted by Gasteiger charge is 2.53. The van der Waals surface area contributed by atoms with Gasteiger partial charge in [0.1, 0.15) is 11.2 Å². The number of hydrogen-bond acceptors (Lipinski definition) is 4. The first-order chi connectivity index (χ1) is 6.67. The van der Waals surface area contributed by atoms with Crippen LogP contribution in [-0.4, -0.2) is 16.6 Å². The first kappa shape index (κ1) is 11.5. The van der Waals surface area contributed by atoms with Crippen LogP contribution in [0.15, 0.2) is 23.5 Å². The molecule has 0 aromatic heterocycles. The van der Waals surface area contributed by atoms with Crippen molar-refractivity contribution < 1.29 is 18.1 Å². The SMILES string of the molecule is NC1=C([N+](=O)[O-])CC(N)(C(F)(F)F)C=C1. The maximum absolute atomic E-state index is 12.4. The number of alkyl halides is 3. The molecule has 1 aliphatic carbocycles. The van der Waals surface area contributed by atoms with Crippen LogP contribution in [0.3, 0.4) is 0 Å². The summed E-state index contributed by atoms with van der Waals surface area (Å²) in [5.41, 5.74) is 6.47. The molecule has 5 nitrogen and oxygen atoms in total.